The maximum atomic E-state index is 2.82. The molecule has 0 fully saturated rings. The quantitative estimate of drug-likeness (QED) is 0.227. The van der Waals surface area contributed by atoms with Crippen molar-refractivity contribution in [1.29, 1.82) is 0 Å². The van der Waals surface area contributed by atoms with E-state index in [9.17, 15) is 0 Å². The summed E-state index contributed by atoms with van der Waals surface area (Å²) in [5, 5.41) is 5.45. The van der Waals surface area contributed by atoms with Crippen molar-refractivity contribution in [2.24, 2.45) is 0 Å². The summed E-state index contributed by atoms with van der Waals surface area (Å²) < 4.78 is 2.82. The molecule has 0 aromatic heterocycles. The van der Waals surface area contributed by atoms with Gasteiger partial charge >= 0.3 is 0 Å². The summed E-state index contributed by atoms with van der Waals surface area (Å²) >= 11 is 0. The number of hydrogen-bond donors (Lipinski definition) is 0. The lowest BCUT2D eigenvalue weighted by molar-refractivity contribution is 0.638. The van der Waals surface area contributed by atoms with E-state index in [0.717, 1.165) is 12.3 Å². The molecule has 0 spiro atoms. The summed E-state index contributed by atoms with van der Waals surface area (Å²) in [5.74, 6) is 0. The number of hydrogen-bond acceptors (Lipinski definition) is 1. The molecule has 2 heterocycles. The number of para-hydroxylation sites is 1. The molecule has 0 unspecified atom stereocenters. The Morgan fingerprint density at radius 3 is 1.82 bits per heavy atom. The molecule has 0 aliphatic carbocycles. The molecule has 0 saturated carbocycles. The minimum atomic E-state index is -0.393. The minimum absolute atomic E-state index is 0.393. The summed E-state index contributed by atoms with van der Waals surface area (Å²) in [5.41, 5.74) is 8.94. The van der Waals surface area contributed by atoms with E-state index in [4.69, 9.17) is 0 Å². The predicted octanol–water partition coefficient (Wildman–Crippen LogP) is 8.91. The van der Waals surface area contributed by atoms with Gasteiger partial charge in [-0.25, -0.2) is 0 Å². The van der Waals surface area contributed by atoms with Crippen molar-refractivity contribution in [3.63, 3.8) is 0 Å². The Kier molecular flexibility index (Phi) is 4.74. The zero-order valence-electron chi connectivity index (χ0n) is 19.5. The highest BCUT2D eigenvalue weighted by molar-refractivity contribution is 7.57. The van der Waals surface area contributed by atoms with Gasteiger partial charge in [0.1, 0.15) is 0 Å². The lowest BCUT2D eigenvalue weighted by Gasteiger charge is -2.42. The maximum absolute atomic E-state index is 2.82. The van der Waals surface area contributed by atoms with E-state index < -0.39 is 8.07 Å². The fraction of sp³-hybridized carbons (Fsp3) is 0.188. The van der Waals surface area contributed by atoms with Gasteiger partial charge in [-0.2, -0.15) is 0 Å². The Morgan fingerprint density at radius 1 is 0.618 bits per heavy atom. The zero-order chi connectivity index (χ0) is 22.6. The number of benzene rings is 5. The largest absolute Gasteiger partial charge is 0.347 e. The smallest absolute Gasteiger partial charge is 0.0434 e. The first-order valence-corrected chi connectivity index (χ1v) is 14.1. The SMILES string of the molecule is C[C@H]1CCc2ccccc2N1P1Cc2ccc3ccccc3c2-c2c(ccc3ccccc23)C1. The third kappa shape index (κ3) is 3.11. The number of anilines is 1. The van der Waals surface area contributed by atoms with Crippen LogP contribution in [0.2, 0.25) is 0 Å². The van der Waals surface area contributed by atoms with Crippen LogP contribution in [-0.2, 0) is 18.7 Å². The number of aryl methyl sites for hydroxylation is 1. The van der Waals surface area contributed by atoms with Gasteiger partial charge in [-0.1, -0.05) is 91.0 Å². The van der Waals surface area contributed by atoms with Gasteiger partial charge in [-0.05, 0) is 75.2 Å². The van der Waals surface area contributed by atoms with Crippen LogP contribution in [0.5, 0.6) is 0 Å². The van der Waals surface area contributed by atoms with E-state index in [2.05, 4.69) is 109 Å². The molecule has 0 N–H and O–H groups in total. The van der Waals surface area contributed by atoms with Crippen LogP contribution < -0.4 is 4.67 Å². The summed E-state index contributed by atoms with van der Waals surface area (Å²) in [7, 11) is -0.393. The second kappa shape index (κ2) is 7.97. The highest BCUT2D eigenvalue weighted by Gasteiger charge is 2.33. The molecule has 1 atom stereocenters. The van der Waals surface area contributed by atoms with Crippen LogP contribution in [0.4, 0.5) is 5.69 Å². The van der Waals surface area contributed by atoms with Crippen molar-refractivity contribution >= 4 is 35.3 Å². The molecule has 2 aliphatic heterocycles. The molecule has 1 nitrogen and oxygen atoms in total. The average molecular weight is 458 g/mol. The maximum Gasteiger partial charge on any atom is 0.0434 e. The van der Waals surface area contributed by atoms with Crippen LogP contribution in [0, 0.1) is 0 Å². The molecule has 0 bridgehead atoms. The molecule has 0 amide bonds. The van der Waals surface area contributed by atoms with Crippen LogP contribution in [0.1, 0.15) is 30.0 Å². The predicted molar refractivity (Wildman–Crippen MR) is 148 cm³/mol. The van der Waals surface area contributed by atoms with Gasteiger partial charge in [-0.15, -0.1) is 0 Å². The van der Waals surface area contributed by atoms with Crippen LogP contribution in [-0.4, -0.2) is 6.04 Å². The normalized spacial score (nSPS) is 17.8. The molecule has 0 saturated heterocycles. The highest BCUT2D eigenvalue weighted by atomic mass is 31.1. The van der Waals surface area contributed by atoms with E-state index >= 15 is 0 Å². The van der Waals surface area contributed by atoms with Crippen molar-refractivity contribution in [1.82, 2.24) is 0 Å². The molecule has 34 heavy (non-hydrogen) atoms. The van der Waals surface area contributed by atoms with E-state index in [1.54, 1.807) is 0 Å². The lowest BCUT2D eigenvalue weighted by atomic mass is 9.88. The van der Waals surface area contributed by atoms with Crippen molar-refractivity contribution in [3.05, 3.63) is 114 Å². The molecule has 166 valence electrons. The topological polar surface area (TPSA) is 3.24 Å². The van der Waals surface area contributed by atoms with Crippen molar-refractivity contribution in [2.45, 2.75) is 38.1 Å². The molecule has 7 rings (SSSR count). The van der Waals surface area contributed by atoms with Crippen molar-refractivity contribution < 1.29 is 0 Å². The van der Waals surface area contributed by atoms with Crippen LogP contribution >= 0.6 is 8.07 Å². The highest BCUT2D eigenvalue weighted by Crippen LogP contribution is 2.58. The van der Waals surface area contributed by atoms with Gasteiger partial charge in [-0.3, -0.25) is 0 Å². The Hall–Kier alpha value is -3.15. The van der Waals surface area contributed by atoms with Gasteiger partial charge in [0.15, 0.2) is 0 Å². The minimum Gasteiger partial charge on any atom is -0.347 e. The Morgan fingerprint density at radius 2 is 1.18 bits per heavy atom. The van der Waals surface area contributed by atoms with E-state index in [1.807, 2.05) is 0 Å². The summed E-state index contributed by atoms with van der Waals surface area (Å²) in [6, 6.07) is 37.1. The summed E-state index contributed by atoms with van der Waals surface area (Å²) in [6.07, 6.45) is 4.71. The third-order valence-electron chi connectivity index (χ3n) is 7.78. The molecule has 5 aromatic rings. The van der Waals surface area contributed by atoms with Crippen molar-refractivity contribution in [3.8, 4) is 11.1 Å². The van der Waals surface area contributed by atoms with Crippen LogP contribution in [0.25, 0.3) is 32.7 Å². The third-order valence-corrected chi connectivity index (χ3v) is 10.4. The van der Waals surface area contributed by atoms with Crippen LogP contribution in [0.3, 0.4) is 0 Å². The van der Waals surface area contributed by atoms with E-state index in [1.165, 1.54) is 67.9 Å². The van der Waals surface area contributed by atoms with Gasteiger partial charge < -0.3 is 4.67 Å². The number of rotatable bonds is 1. The van der Waals surface area contributed by atoms with Gasteiger partial charge in [0.05, 0.1) is 0 Å². The fourth-order valence-electron chi connectivity index (χ4n) is 6.19. The zero-order valence-corrected chi connectivity index (χ0v) is 20.4. The van der Waals surface area contributed by atoms with E-state index in [0.29, 0.717) is 6.04 Å². The molecule has 2 heteroatoms. The summed E-state index contributed by atoms with van der Waals surface area (Å²) in [4.78, 5) is 0. The van der Waals surface area contributed by atoms with Gasteiger partial charge in [0.25, 0.3) is 0 Å². The van der Waals surface area contributed by atoms with Gasteiger partial charge in [0.2, 0.25) is 0 Å². The first-order chi connectivity index (χ1) is 16.8. The molecule has 2 aliphatic rings. The molecular formula is C32H28NP. The Balaban J connectivity index is 1.50. The number of nitrogens with zero attached hydrogens (tertiary/aromatic N) is 1. The van der Waals surface area contributed by atoms with Crippen molar-refractivity contribution in [2.75, 3.05) is 4.67 Å². The monoisotopic (exact) mass is 457 g/mol. The second-order valence-corrected chi connectivity index (χ2v) is 11.9. The summed E-state index contributed by atoms with van der Waals surface area (Å²) in [6.45, 7) is 2.44. The second-order valence-electron chi connectivity index (χ2n) is 9.83. The standard InChI is InChI=1S/C32H28NP/c1-22-14-15-25-10-4-7-13-30(25)33(22)34-20-26-18-16-23-8-2-5-11-28(23)31(26)32-27(21-34)19-17-24-9-3-6-12-29(24)32/h2-13,16-19,22H,14-15,20-21H2,1H3/t22-/m0/s1. The Bertz CT molecular complexity index is 1460. The first kappa shape index (κ1) is 20.2. The van der Waals surface area contributed by atoms with Crippen LogP contribution in [0.15, 0.2) is 97.1 Å². The fourth-order valence-corrected chi connectivity index (χ4v) is 9.09. The lowest BCUT2D eigenvalue weighted by Crippen LogP contribution is -2.33. The molecule has 0 radical (unpaired) electrons. The van der Waals surface area contributed by atoms with E-state index in [-0.39, 0.29) is 0 Å². The Labute approximate surface area is 202 Å². The molecular weight excluding hydrogens is 429 g/mol. The number of fused-ring (bicyclic) bond motifs is 8. The first-order valence-electron chi connectivity index (χ1n) is 12.4. The van der Waals surface area contributed by atoms with Gasteiger partial charge in [0, 0.05) is 32.1 Å². The average Bonchev–Trinajstić information content (AvgIpc) is 3.05. The molecule has 5 aromatic carbocycles.